The van der Waals surface area contributed by atoms with Crippen LogP contribution in [-0.4, -0.2) is 27.7 Å². The number of aromatic nitrogens is 2. The minimum absolute atomic E-state index is 0.151. The van der Waals surface area contributed by atoms with Gasteiger partial charge in [0.15, 0.2) is 0 Å². The van der Waals surface area contributed by atoms with Crippen LogP contribution in [0.25, 0.3) is 0 Å². The molecule has 1 amide bonds. The molecule has 1 aromatic rings. The van der Waals surface area contributed by atoms with Crippen LogP contribution < -0.4 is 16.0 Å². The molecule has 3 N–H and O–H groups in total. The van der Waals surface area contributed by atoms with E-state index in [1.54, 1.807) is 0 Å². The van der Waals surface area contributed by atoms with Crippen molar-refractivity contribution in [3.63, 3.8) is 0 Å². The van der Waals surface area contributed by atoms with Gasteiger partial charge in [-0.3, -0.25) is 20.3 Å². The quantitative estimate of drug-likeness (QED) is 0.306. The Labute approximate surface area is 90.3 Å². The van der Waals surface area contributed by atoms with Gasteiger partial charge in [-0.1, -0.05) is 0 Å². The van der Waals surface area contributed by atoms with Gasteiger partial charge in [0.2, 0.25) is 0 Å². The molecule has 0 fully saturated rings. The van der Waals surface area contributed by atoms with Gasteiger partial charge in [-0.2, -0.15) is 0 Å². The Kier molecular flexibility index (Phi) is 3.40. The zero-order valence-corrected chi connectivity index (χ0v) is 8.71. The number of nitrogens with zero attached hydrogens (tertiary/aromatic N) is 3. The number of hydrazine groups is 1. The Morgan fingerprint density at radius 2 is 2.44 bits per heavy atom. The molecule has 0 aliphatic rings. The summed E-state index contributed by atoms with van der Waals surface area (Å²) in [6.07, 6.45) is 1.11. The lowest BCUT2D eigenvalue weighted by molar-refractivity contribution is -0.385. The summed E-state index contributed by atoms with van der Waals surface area (Å²) in [5.41, 5.74) is 1.62. The minimum atomic E-state index is -0.757. The average Bonchev–Trinajstić information content (AvgIpc) is 2.70. The van der Waals surface area contributed by atoms with Crippen molar-refractivity contribution in [3.05, 3.63) is 16.3 Å². The zero-order chi connectivity index (χ0) is 12.3. The SMILES string of the molecule is COc1nn([C@@H](C)C(=O)NN)cc1[N+](=O)[O-]. The van der Waals surface area contributed by atoms with E-state index >= 15 is 0 Å². The molecule has 0 saturated heterocycles. The van der Waals surface area contributed by atoms with Crippen LogP contribution in [0.3, 0.4) is 0 Å². The number of hydrogen-bond donors (Lipinski definition) is 2. The Bertz CT molecular complexity index is 415. The van der Waals surface area contributed by atoms with Crippen molar-refractivity contribution in [1.82, 2.24) is 15.2 Å². The maximum atomic E-state index is 11.2. The van der Waals surface area contributed by atoms with Gasteiger partial charge in [-0.25, -0.2) is 10.5 Å². The van der Waals surface area contributed by atoms with Crippen molar-refractivity contribution in [1.29, 1.82) is 0 Å². The number of carbonyl (C=O) groups is 1. The second-order valence-corrected chi connectivity index (χ2v) is 2.95. The summed E-state index contributed by atoms with van der Waals surface area (Å²) in [7, 11) is 1.26. The fourth-order valence-corrected chi connectivity index (χ4v) is 1.08. The number of rotatable bonds is 4. The maximum absolute atomic E-state index is 11.2. The van der Waals surface area contributed by atoms with Gasteiger partial charge in [0.05, 0.1) is 12.0 Å². The Hall–Kier alpha value is -2.16. The van der Waals surface area contributed by atoms with E-state index in [2.05, 4.69) is 5.10 Å². The standard InChI is InChI=1S/C7H11N5O4/c1-4(6(13)9-8)11-3-5(12(14)15)7(10-11)16-2/h3-4H,8H2,1-2H3,(H,9,13)/t4-/m0/s1. The third kappa shape index (κ3) is 2.08. The van der Waals surface area contributed by atoms with E-state index in [0.29, 0.717) is 0 Å². The van der Waals surface area contributed by atoms with Crippen molar-refractivity contribution in [2.75, 3.05) is 7.11 Å². The monoisotopic (exact) mass is 229 g/mol. The van der Waals surface area contributed by atoms with Crippen molar-refractivity contribution in [2.24, 2.45) is 5.84 Å². The molecule has 1 atom stereocenters. The first-order valence-corrected chi connectivity index (χ1v) is 4.29. The molecule has 0 aromatic carbocycles. The molecule has 0 unspecified atom stereocenters. The zero-order valence-electron chi connectivity index (χ0n) is 8.71. The molecule has 0 radical (unpaired) electrons. The van der Waals surface area contributed by atoms with Gasteiger partial charge in [0.1, 0.15) is 12.2 Å². The van der Waals surface area contributed by atoms with E-state index in [0.717, 1.165) is 10.9 Å². The number of amides is 1. The number of nitrogens with two attached hydrogens (primary N) is 1. The Balaban J connectivity index is 3.07. The van der Waals surface area contributed by atoms with Crippen LogP contribution in [0.1, 0.15) is 13.0 Å². The van der Waals surface area contributed by atoms with E-state index in [4.69, 9.17) is 10.6 Å². The first kappa shape index (κ1) is 11.9. The number of nitro groups is 1. The first-order valence-electron chi connectivity index (χ1n) is 4.29. The van der Waals surface area contributed by atoms with Crippen molar-refractivity contribution in [2.45, 2.75) is 13.0 Å². The third-order valence-corrected chi connectivity index (χ3v) is 1.99. The lowest BCUT2D eigenvalue weighted by Gasteiger charge is -2.08. The fraction of sp³-hybridized carbons (Fsp3) is 0.429. The molecule has 9 nitrogen and oxygen atoms in total. The summed E-state index contributed by atoms with van der Waals surface area (Å²) in [6.45, 7) is 1.50. The van der Waals surface area contributed by atoms with Gasteiger partial charge >= 0.3 is 11.6 Å². The highest BCUT2D eigenvalue weighted by Crippen LogP contribution is 2.25. The number of nitrogens with one attached hydrogen (secondary N) is 1. The maximum Gasteiger partial charge on any atom is 0.350 e. The van der Waals surface area contributed by atoms with Crippen molar-refractivity contribution >= 4 is 11.6 Å². The Morgan fingerprint density at radius 1 is 1.81 bits per heavy atom. The molecule has 16 heavy (non-hydrogen) atoms. The highest BCUT2D eigenvalue weighted by molar-refractivity contribution is 5.79. The van der Waals surface area contributed by atoms with E-state index in [1.807, 2.05) is 5.43 Å². The molecule has 0 bridgehead atoms. The highest BCUT2D eigenvalue weighted by atomic mass is 16.6. The molecule has 1 heterocycles. The van der Waals surface area contributed by atoms with Crippen LogP contribution >= 0.6 is 0 Å². The highest BCUT2D eigenvalue weighted by Gasteiger charge is 2.24. The smallest absolute Gasteiger partial charge is 0.350 e. The van der Waals surface area contributed by atoms with E-state index in [9.17, 15) is 14.9 Å². The minimum Gasteiger partial charge on any atom is -0.475 e. The Morgan fingerprint density at radius 3 is 2.81 bits per heavy atom. The van der Waals surface area contributed by atoms with Crippen LogP contribution in [0.2, 0.25) is 0 Å². The van der Waals surface area contributed by atoms with E-state index in [1.165, 1.54) is 14.0 Å². The molecule has 1 rings (SSSR count). The van der Waals surface area contributed by atoms with E-state index in [-0.39, 0.29) is 11.6 Å². The predicted octanol–water partition coefficient (Wildman–Crippen LogP) is -0.649. The number of hydrogen-bond acceptors (Lipinski definition) is 6. The van der Waals surface area contributed by atoms with Gasteiger partial charge in [-0.05, 0) is 6.92 Å². The van der Waals surface area contributed by atoms with Crippen molar-refractivity contribution in [3.8, 4) is 5.88 Å². The molecule has 0 spiro atoms. The van der Waals surface area contributed by atoms with E-state index < -0.39 is 16.9 Å². The second-order valence-electron chi connectivity index (χ2n) is 2.95. The van der Waals surface area contributed by atoms with Gasteiger partial charge in [0, 0.05) is 0 Å². The summed E-state index contributed by atoms with van der Waals surface area (Å²) in [4.78, 5) is 21.1. The largest absolute Gasteiger partial charge is 0.475 e. The number of ether oxygens (including phenoxy) is 1. The lowest BCUT2D eigenvalue weighted by Crippen LogP contribution is -2.36. The molecule has 88 valence electrons. The normalized spacial score (nSPS) is 11.9. The fourth-order valence-electron chi connectivity index (χ4n) is 1.08. The van der Waals surface area contributed by atoms with Crippen LogP contribution in [0, 0.1) is 10.1 Å². The van der Waals surface area contributed by atoms with Gasteiger partial charge < -0.3 is 4.74 Å². The molecule has 0 aliphatic heterocycles. The molecule has 1 aromatic heterocycles. The average molecular weight is 229 g/mol. The van der Waals surface area contributed by atoms with Crippen LogP contribution in [0.5, 0.6) is 5.88 Å². The topological polar surface area (TPSA) is 125 Å². The third-order valence-electron chi connectivity index (χ3n) is 1.99. The van der Waals surface area contributed by atoms with Crippen molar-refractivity contribution < 1.29 is 14.5 Å². The predicted molar refractivity (Wildman–Crippen MR) is 52.5 cm³/mol. The lowest BCUT2D eigenvalue weighted by atomic mass is 10.3. The summed E-state index contributed by atoms with van der Waals surface area (Å²) in [5, 5.41) is 14.4. The summed E-state index contributed by atoms with van der Waals surface area (Å²) >= 11 is 0. The summed E-state index contributed by atoms with van der Waals surface area (Å²) in [6, 6.07) is -0.757. The molecular formula is C7H11N5O4. The molecule has 0 aliphatic carbocycles. The van der Waals surface area contributed by atoms with Gasteiger partial charge in [0.25, 0.3) is 5.91 Å². The van der Waals surface area contributed by atoms with Crippen LogP contribution in [-0.2, 0) is 4.79 Å². The molecule has 9 heteroatoms. The van der Waals surface area contributed by atoms with Crippen LogP contribution in [0.4, 0.5) is 5.69 Å². The summed E-state index contributed by atoms with van der Waals surface area (Å²) < 4.78 is 5.82. The molecule has 0 saturated carbocycles. The second kappa shape index (κ2) is 4.57. The number of methoxy groups -OCH3 is 1. The summed E-state index contributed by atoms with van der Waals surface area (Å²) in [5.74, 6) is 4.28. The van der Waals surface area contributed by atoms with Gasteiger partial charge in [-0.15, -0.1) is 5.10 Å². The van der Waals surface area contributed by atoms with Crippen LogP contribution in [0.15, 0.2) is 6.20 Å². The number of carbonyl (C=O) groups excluding carboxylic acids is 1. The molecular weight excluding hydrogens is 218 g/mol. The first-order chi connectivity index (χ1) is 7.51.